The zero-order chi connectivity index (χ0) is 17.5. The molecule has 23 heavy (non-hydrogen) atoms. The van der Waals surface area contributed by atoms with Crippen molar-refractivity contribution in [1.29, 1.82) is 0 Å². The minimum atomic E-state index is -0.917. The summed E-state index contributed by atoms with van der Waals surface area (Å²) < 4.78 is 10.5. The summed E-state index contributed by atoms with van der Waals surface area (Å²) in [6.45, 7) is 6.31. The first-order chi connectivity index (χ1) is 10.8. The van der Waals surface area contributed by atoms with Gasteiger partial charge in [0.2, 0.25) is 0 Å². The monoisotopic (exact) mass is 330 g/mol. The van der Waals surface area contributed by atoms with E-state index in [4.69, 9.17) is 9.47 Å². The predicted molar refractivity (Wildman–Crippen MR) is 84.7 cm³/mol. The number of carboxylic acid groups (broad SMARTS) is 1. The molecule has 0 amide bonds. The van der Waals surface area contributed by atoms with Crippen LogP contribution in [-0.4, -0.2) is 41.7 Å². The molecule has 1 aliphatic carbocycles. The molecule has 1 saturated carbocycles. The fraction of sp³-hybridized carbons (Fsp3) is 0.882. The highest BCUT2D eigenvalue weighted by molar-refractivity contribution is 5.81. The van der Waals surface area contributed by atoms with E-state index in [1.807, 2.05) is 20.8 Å². The van der Waals surface area contributed by atoms with Gasteiger partial charge in [-0.25, -0.2) is 0 Å². The molecule has 0 aromatic heterocycles. The van der Waals surface area contributed by atoms with Gasteiger partial charge in [0, 0.05) is 11.8 Å². The lowest BCUT2D eigenvalue weighted by Gasteiger charge is -2.29. The molecular formula is C17H30O6. The van der Waals surface area contributed by atoms with Crippen LogP contribution >= 0.6 is 0 Å². The van der Waals surface area contributed by atoms with Gasteiger partial charge in [0.1, 0.15) is 0 Å². The molecule has 0 bridgehead atoms. The maximum Gasteiger partial charge on any atom is 0.309 e. The van der Waals surface area contributed by atoms with Crippen molar-refractivity contribution < 1.29 is 29.3 Å². The molecular weight excluding hydrogens is 300 g/mol. The van der Waals surface area contributed by atoms with Crippen LogP contribution in [0.1, 0.15) is 59.3 Å². The fourth-order valence-electron chi connectivity index (χ4n) is 2.64. The second kappa shape index (κ2) is 9.23. The predicted octanol–water partition coefficient (Wildman–Crippen LogP) is 2.58. The van der Waals surface area contributed by atoms with Crippen molar-refractivity contribution in [3.63, 3.8) is 0 Å². The summed E-state index contributed by atoms with van der Waals surface area (Å²) in [5.41, 5.74) is -0.312. The van der Waals surface area contributed by atoms with Gasteiger partial charge in [-0.15, -0.1) is 0 Å². The van der Waals surface area contributed by atoms with Crippen molar-refractivity contribution >= 4 is 11.9 Å². The van der Waals surface area contributed by atoms with Crippen LogP contribution in [0.15, 0.2) is 0 Å². The van der Waals surface area contributed by atoms with Crippen molar-refractivity contribution in [2.24, 2.45) is 17.3 Å². The zero-order valence-electron chi connectivity index (χ0n) is 14.4. The van der Waals surface area contributed by atoms with E-state index in [1.165, 1.54) is 0 Å². The van der Waals surface area contributed by atoms with Crippen molar-refractivity contribution in [1.82, 2.24) is 0 Å². The van der Waals surface area contributed by atoms with Gasteiger partial charge < -0.3 is 19.7 Å². The van der Waals surface area contributed by atoms with Crippen molar-refractivity contribution in [2.75, 3.05) is 13.2 Å². The van der Waals surface area contributed by atoms with Gasteiger partial charge in [-0.3, -0.25) is 9.59 Å². The third-order valence-corrected chi connectivity index (χ3v) is 4.77. The van der Waals surface area contributed by atoms with Crippen LogP contribution in [0.25, 0.3) is 0 Å². The second-order valence-electron chi connectivity index (χ2n) is 6.92. The number of aliphatic hydroxyl groups excluding tert-OH is 1. The minimum Gasteiger partial charge on any atom is -0.481 e. The Labute approximate surface area is 138 Å². The Morgan fingerprint density at radius 1 is 1.17 bits per heavy atom. The average molecular weight is 330 g/mol. The molecule has 1 rings (SSSR count). The van der Waals surface area contributed by atoms with E-state index >= 15 is 0 Å². The summed E-state index contributed by atoms with van der Waals surface area (Å²) in [5.74, 6) is -2.50. The lowest BCUT2D eigenvalue weighted by atomic mass is 9.79. The van der Waals surface area contributed by atoms with E-state index in [9.17, 15) is 19.8 Å². The van der Waals surface area contributed by atoms with Gasteiger partial charge in [0.25, 0.3) is 0 Å². The van der Waals surface area contributed by atoms with Crippen LogP contribution in [-0.2, 0) is 19.1 Å². The number of hydrogen-bond acceptors (Lipinski definition) is 5. The van der Waals surface area contributed by atoms with Crippen LogP contribution in [0.3, 0.4) is 0 Å². The smallest absolute Gasteiger partial charge is 0.309 e. The average Bonchev–Trinajstić information content (AvgIpc) is 2.53. The molecule has 6 nitrogen and oxygen atoms in total. The molecule has 0 heterocycles. The number of carbonyl (C=O) groups is 2. The van der Waals surface area contributed by atoms with Crippen molar-refractivity contribution in [2.45, 2.75) is 65.6 Å². The minimum absolute atomic E-state index is 0.181. The van der Waals surface area contributed by atoms with E-state index in [1.54, 1.807) is 0 Å². The van der Waals surface area contributed by atoms with Gasteiger partial charge in [-0.05, 0) is 19.3 Å². The molecule has 3 atom stereocenters. The Balaban J connectivity index is 2.27. The summed E-state index contributed by atoms with van der Waals surface area (Å²) in [7, 11) is 0. The summed E-state index contributed by atoms with van der Waals surface area (Å²) in [4.78, 5) is 23.2. The molecule has 0 spiro atoms. The molecule has 6 heteroatoms. The van der Waals surface area contributed by atoms with Crippen LogP contribution in [0.2, 0.25) is 0 Å². The van der Waals surface area contributed by atoms with Crippen LogP contribution in [0, 0.1) is 17.3 Å². The first-order valence-electron chi connectivity index (χ1n) is 8.48. The SMILES string of the molecule is CCC(C)(C)[C@H](O)OCCCOC(=O)C1CCCCC1C(=O)O. The van der Waals surface area contributed by atoms with Gasteiger partial charge in [-0.2, -0.15) is 0 Å². The number of carbonyl (C=O) groups excluding carboxylic acids is 1. The van der Waals surface area contributed by atoms with Gasteiger partial charge in [0.05, 0.1) is 25.0 Å². The topological polar surface area (TPSA) is 93.1 Å². The number of aliphatic carboxylic acids is 1. The Morgan fingerprint density at radius 3 is 2.35 bits per heavy atom. The molecule has 1 aliphatic rings. The van der Waals surface area contributed by atoms with Crippen LogP contribution < -0.4 is 0 Å². The maximum absolute atomic E-state index is 12.0. The highest BCUT2D eigenvalue weighted by atomic mass is 16.6. The highest BCUT2D eigenvalue weighted by Gasteiger charge is 2.36. The first-order valence-corrected chi connectivity index (χ1v) is 8.48. The summed E-state index contributed by atoms with van der Waals surface area (Å²) >= 11 is 0. The van der Waals surface area contributed by atoms with E-state index in [0.29, 0.717) is 25.9 Å². The number of rotatable bonds is 9. The van der Waals surface area contributed by atoms with Crippen molar-refractivity contribution in [3.8, 4) is 0 Å². The molecule has 134 valence electrons. The standard InChI is InChI=1S/C17H30O6/c1-4-17(2,3)16(21)23-11-7-10-22-15(20)13-9-6-5-8-12(13)14(18)19/h12-13,16,21H,4-11H2,1-3H3,(H,18,19)/t12?,13?,16-/m1/s1. The van der Waals surface area contributed by atoms with E-state index < -0.39 is 30.1 Å². The lowest BCUT2D eigenvalue weighted by molar-refractivity contribution is -0.170. The molecule has 0 aliphatic heterocycles. The number of carboxylic acids is 1. The van der Waals surface area contributed by atoms with Gasteiger partial charge in [0.15, 0.2) is 6.29 Å². The molecule has 2 unspecified atom stereocenters. The van der Waals surface area contributed by atoms with Crippen LogP contribution in [0.5, 0.6) is 0 Å². The third kappa shape index (κ3) is 6.11. The molecule has 1 fully saturated rings. The number of aliphatic hydroxyl groups is 1. The summed E-state index contributed by atoms with van der Waals surface area (Å²) in [6.07, 6.45) is 3.25. The van der Waals surface area contributed by atoms with Gasteiger partial charge >= 0.3 is 11.9 Å². The Morgan fingerprint density at radius 2 is 1.78 bits per heavy atom. The Hall–Kier alpha value is -1.14. The molecule has 0 aromatic rings. The second-order valence-corrected chi connectivity index (χ2v) is 6.92. The van der Waals surface area contributed by atoms with Gasteiger partial charge in [-0.1, -0.05) is 33.6 Å². The number of hydrogen-bond donors (Lipinski definition) is 2. The maximum atomic E-state index is 12.0. The molecule has 2 N–H and O–H groups in total. The normalized spacial score (nSPS) is 23.3. The summed E-state index contributed by atoms with van der Waals surface area (Å²) in [5, 5.41) is 19.1. The molecule has 0 aromatic carbocycles. The summed E-state index contributed by atoms with van der Waals surface area (Å²) in [6, 6.07) is 0. The fourth-order valence-corrected chi connectivity index (χ4v) is 2.64. The van der Waals surface area contributed by atoms with Crippen molar-refractivity contribution in [3.05, 3.63) is 0 Å². The molecule has 0 saturated heterocycles. The van der Waals surface area contributed by atoms with E-state index in [2.05, 4.69) is 0 Å². The van der Waals surface area contributed by atoms with E-state index in [0.717, 1.165) is 19.3 Å². The number of esters is 1. The first kappa shape index (κ1) is 19.9. The van der Waals surface area contributed by atoms with E-state index in [-0.39, 0.29) is 12.0 Å². The Bertz CT molecular complexity index is 393. The largest absolute Gasteiger partial charge is 0.481 e. The highest BCUT2D eigenvalue weighted by Crippen LogP contribution is 2.31. The quantitative estimate of drug-likeness (QED) is 0.383. The lowest BCUT2D eigenvalue weighted by Crippen LogP contribution is -2.34. The zero-order valence-corrected chi connectivity index (χ0v) is 14.4. The molecule has 0 radical (unpaired) electrons. The van der Waals surface area contributed by atoms with Crippen LogP contribution in [0.4, 0.5) is 0 Å². The third-order valence-electron chi connectivity index (χ3n) is 4.77. The number of ether oxygens (including phenoxy) is 2. The Kier molecular flexibility index (Phi) is 7.99.